The summed E-state index contributed by atoms with van der Waals surface area (Å²) in [4.78, 5) is 6.85. The highest BCUT2D eigenvalue weighted by atomic mass is 14.8. The van der Waals surface area contributed by atoms with Crippen LogP contribution in [0.4, 0.5) is 5.82 Å². The molecule has 38 valence electrons. The standard InChI is InChI=1S/C6H4N2/c1-7-6-4-2-3-5-8-6/h2-5H. The molecule has 8 heavy (non-hydrogen) atoms. The van der Waals surface area contributed by atoms with Crippen molar-refractivity contribution in [1.82, 2.24) is 4.98 Å². The Kier molecular flexibility index (Phi) is 1.25. The van der Waals surface area contributed by atoms with E-state index >= 15 is 0 Å². The highest BCUT2D eigenvalue weighted by Crippen LogP contribution is 2.02. The van der Waals surface area contributed by atoms with Crippen molar-refractivity contribution >= 4 is 5.82 Å². The van der Waals surface area contributed by atoms with E-state index in [-0.39, 0.29) is 0 Å². The van der Waals surface area contributed by atoms with Gasteiger partial charge in [-0.2, -0.15) is 0 Å². The van der Waals surface area contributed by atoms with Gasteiger partial charge in [-0.15, -0.1) is 4.98 Å². The van der Waals surface area contributed by atoms with Crippen LogP contribution in [0.5, 0.6) is 0 Å². The lowest BCUT2D eigenvalue weighted by Crippen LogP contribution is -1.64. The lowest BCUT2D eigenvalue weighted by Gasteiger charge is -1.79. The number of hydrogen-bond donors (Lipinski definition) is 0. The van der Waals surface area contributed by atoms with Crippen LogP contribution in [0.1, 0.15) is 0 Å². The Hall–Kier alpha value is -1.36. The zero-order valence-electron chi connectivity index (χ0n) is 4.20. The summed E-state index contributed by atoms with van der Waals surface area (Å²) in [5, 5.41) is 0. The van der Waals surface area contributed by atoms with E-state index in [0.29, 0.717) is 5.82 Å². The summed E-state index contributed by atoms with van der Waals surface area (Å²) in [7, 11) is 0. The summed E-state index contributed by atoms with van der Waals surface area (Å²) < 4.78 is 0. The van der Waals surface area contributed by atoms with Crippen molar-refractivity contribution in [3.05, 3.63) is 35.8 Å². The molecule has 0 saturated heterocycles. The molecule has 0 amide bonds. The van der Waals surface area contributed by atoms with Crippen LogP contribution in [-0.4, -0.2) is 4.98 Å². The van der Waals surface area contributed by atoms with Crippen LogP contribution in [0.15, 0.2) is 24.4 Å². The minimum atomic E-state index is 0.451. The van der Waals surface area contributed by atoms with Crippen molar-refractivity contribution < 1.29 is 0 Å². The van der Waals surface area contributed by atoms with Gasteiger partial charge in [-0.25, -0.2) is 0 Å². The van der Waals surface area contributed by atoms with Crippen molar-refractivity contribution in [1.29, 1.82) is 0 Å². The van der Waals surface area contributed by atoms with E-state index in [2.05, 4.69) is 9.83 Å². The Bertz CT molecular complexity index is 198. The van der Waals surface area contributed by atoms with E-state index in [1.54, 1.807) is 24.4 Å². The number of rotatable bonds is 0. The van der Waals surface area contributed by atoms with E-state index in [0.717, 1.165) is 0 Å². The first kappa shape index (κ1) is 4.79. The molecule has 1 heterocycles. The maximum atomic E-state index is 6.51. The average molecular weight is 104 g/mol. The highest BCUT2D eigenvalue weighted by molar-refractivity contribution is 5.33. The summed E-state index contributed by atoms with van der Waals surface area (Å²) in [6.45, 7) is 6.51. The molecule has 1 aromatic heterocycles. The second kappa shape index (κ2) is 2.08. The zero-order chi connectivity index (χ0) is 5.82. The third-order valence-electron chi connectivity index (χ3n) is 0.764. The van der Waals surface area contributed by atoms with Gasteiger partial charge in [0.15, 0.2) is 0 Å². The topological polar surface area (TPSA) is 17.2 Å². The molecule has 0 radical (unpaired) electrons. The molecule has 2 nitrogen and oxygen atoms in total. The van der Waals surface area contributed by atoms with Gasteiger partial charge in [0.2, 0.25) is 0 Å². The molecule has 0 unspecified atom stereocenters. The van der Waals surface area contributed by atoms with Crippen LogP contribution in [-0.2, 0) is 0 Å². The minimum Gasteiger partial charge on any atom is -0.361 e. The molecule has 0 saturated carbocycles. The fraction of sp³-hybridized carbons (Fsp3) is 0. The first-order chi connectivity index (χ1) is 3.93. The molecule has 2 heteroatoms. The molecule has 1 rings (SSSR count). The van der Waals surface area contributed by atoms with Crippen LogP contribution in [0.25, 0.3) is 4.85 Å². The van der Waals surface area contributed by atoms with Crippen LogP contribution >= 0.6 is 0 Å². The molecule has 1 aromatic rings. The van der Waals surface area contributed by atoms with Crippen LogP contribution in [0.3, 0.4) is 0 Å². The van der Waals surface area contributed by atoms with E-state index in [4.69, 9.17) is 6.57 Å². The van der Waals surface area contributed by atoms with Gasteiger partial charge in [0.25, 0.3) is 5.82 Å². The quantitative estimate of drug-likeness (QED) is 0.457. The normalized spacial score (nSPS) is 7.88. The van der Waals surface area contributed by atoms with Gasteiger partial charge in [0.1, 0.15) is 6.20 Å². The average Bonchev–Trinajstić information content (AvgIpc) is 1.90. The predicted octanol–water partition coefficient (Wildman–Crippen LogP) is 1.63. The van der Waals surface area contributed by atoms with Gasteiger partial charge < -0.3 is 4.85 Å². The minimum absolute atomic E-state index is 0.451. The lowest BCUT2D eigenvalue weighted by atomic mass is 10.5. The summed E-state index contributed by atoms with van der Waals surface area (Å²) in [6, 6.07) is 5.25. The van der Waals surface area contributed by atoms with Crippen molar-refractivity contribution in [2.24, 2.45) is 0 Å². The third kappa shape index (κ3) is 0.824. The summed E-state index contributed by atoms with van der Waals surface area (Å²) >= 11 is 0. The molecule has 0 N–H and O–H groups in total. The number of nitrogens with zero attached hydrogens (tertiary/aromatic N) is 2. The fourth-order valence-corrected chi connectivity index (χ4v) is 0.420. The Labute approximate surface area is 47.6 Å². The van der Waals surface area contributed by atoms with Crippen LogP contribution < -0.4 is 0 Å². The molecule has 0 aliphatic carbocycles. The molecule has 0 bridgehead atoms. The van der Waals surface area contributed by atoms with Crippen LogP contribution in [0, 0.1) is 6.57 Å². The molecule has 0 aliphatic rings. The smallest absolute Gasteiger partial charge is 0.269 e. The fourth-order valence-electron chi connectivity index (χ4n) is 0.420. The van der Waals surface area contributed by atoms with Crippen LogP contribution in [0.2, 0.25) is 0 Å². The molecular weight excluding hydrogens is 100 g/mol. The molecule has 0 fully saturated rings. The second-order valence-corrected chi connectivity index (χ2v) is 1.30. The Morgan fingerprint density at radius 1 is 1.50 bits per heavy atom. The highest BCUT2D eigenvalue weighted by Gasteiger charge is 1.82. The van der Waals surface area contributed by atoms with Gasteiger partial charge in [-0.3, -0.25) is 0 Å². The maximum absolute atomic E-state index is 6.51. The van der Waals surface area contributed by atoms with Crippen molar-refractivity contribution in [3.8, 4) is 0 Å². The predicted molar refractivity (Wildman–Crippen MR) is 30.5 cm³/mol. The summed E-state index contributed by atoms with van der Waals surface area (Å²) in [5.74, 6) is 0.451. The molecule has 0 spiro atoms. The SMILES string of the molecule is [C-]#[N+]c1ccccn1. The monoisotopic (exact) mass is 104 g/mol. The second-order valence-electron chi connectivity index (χ2n) is 1.30. The first-order valence-corrected chi connectivity index (χ1v) is 2.22. The van der Waals surface area contributed by atoms with E-state index < -0.39 is 0 Å². The number of hydrogen-bond acceptors (Lipinski definition) is 1. The number of aromatic nitrogens is 1. The largest absolute Gasteiger partial charge is 0.361 e. The van der Waals surface area contributed by atoms with Crippen molar-refractivity contribution in [3.63, 3.8) is 0 Å². The van der Waals surface area contributed by atoms with Gasteiger partial charge in [0, 0.05) is 0 Å². The van der Waals surface area contributed by atoms with Gasteiger partial charge in [-0.05, 0) is 12.1 Å². The molecular formula is C6H4N2. The lowest BCUT2D eigenvalue weighted by molar-refractivity contribution is 1.36. The van der Waals surface area contributed by atoms with Gasteiger partial charge >= 0.3 is 0 Å². The number of pyridine rings is 1. The Morgan fingerprint density at radius 2 is 2.38 bits per heavy atom. The van der Waals surface area contributed by atoms with Gasteiger partial charge in [0.05, 0.1) is 0 Å². The molecule has 0 atom stereocenters. The molecule has 0 aromatic carbocycles. The van der Waals surface area contributed by atoms with Gasteiger partial charge in [-0.1, -0.05) is 12.6 Å². The van der Waals surface area contributed by atoms with Crippen molar-refractivity contribution in [2.45, 2.75) is 0 Å². The summed E-state index contributed by atoms with van der Waals surface area (Å²) in [5.41, 5.74) is 0. The zero-order valence-corrected chi connectivity index (χ0v) is 4.20. The third-order valence-corrected chi connectivity index (χ3v) is 0.764. The Balaban J connectivity index is 3.05. The maximum Gasteiger partial charge on any atom is 0.269 e. The van der Waals surface area contributed by atoms with E-state index in [1.807, 2.05) is 0 Å². The Morgan fingerprint density at radius 3 is 2.75 bits per heavy atom. The van der Waals surface area contributed by atoms with E-state index in [1.165, 1.54) is 0 Å². The van der Waals surface area contributed by atoms with Crippen molar-refractivity contribution in [2.75, 3.05) is 0 Å². The first-order valence-electron chi connectivity index (χ1n) is 2.22. The molecule has 0 aliphatic heterocycles. The summed E-state index contributed by atoms with van der Waals surface area (Å²) in [6.07, 6.45) is 1.60. The van der Waals surface area contributed by atoms with E-state index in [9.17, 15) is 0 Å².